The van der Waals surface area contributed by atoms with Gasteiger partial charge in [-0.3, -0.25) is 4.79 Å². The molecule has 0 spiro atoms. The number of nitrogens with zero attached hydrogens (tertiary/aromatic N) is 2. The first-order chi connectivity index (χ1) is 9.02. The molecule has 0 aliphatic carbocycles. The van der Waals surface area contributed by atoms with E-state index in [9.17, 15) is 4.79 Å². The topological polar surface area (TPSA) is 23.6 Å². The van der Waals surface area contributed by atoms with Crippen molar-refractivity contribution in [3.8, 4) is 0 Å². The van der Waals surface area contributed by atoms with E-state index in [1.807, 2.05) is 29.2 Å². The average molecular weight is 281 g/mol. The molecule has 0 radical (unpaired) electrons. The smallest absolute Gasteiger partial charge is 0.253 e. The second kappa shape index (κ2) is 5.93. The molecule has 0 saturated carbocycles. The van der Waals surface area contributed by atoms with E-state index in [0.29, 0.717) is 17.8 Å². The van der Waals surface area contributed by atoms with Crippen molar-refractivity contribution in [1.29, 1.82) is 0 Å². The number of alkyl halides is 1. The van der Waals surface area contributed by atoms with Gasteiger partial charge in [0.1, 0.15) is 0 Å². The Balaban J connectivity index is 2.12. The summed E-state index contributed by atoms with van der Waals surface area (Å²) in [5, 5.41) is 0. The third kappa shape index (κ3) is 3.10. The minimum Gasteiger partial charge on any atom is -0.337 e. The Hall–Kier alpha value is -1.06. The van der Waals surface area contributed by atoms with Crippen molar-refractivity contribution in [2.75, 3.05) is 27.2 Å². The Morgan fingerprint density at radius 3 is 2.74 bits per heavy atom. The summed E-state index contributed by atoms with van der Waals surface area (Å²) in [5.74, 6) is 1.07. The van der Waals surface area contributed by atoms with Crippen molar-refractivity contribution in [1.82, 2.24) is 9.80 Å². The lowest BCUT2D eigenvalue weighted by Gasteiger charge is -2.22. The normalized spacial score (nSPS) is 23.1. The third-order valence-electron chi connectivity index (χ3n) is 3.85. The maximum Gasteiger partial charge on any atom is 0.253 e. The number of carbonyl (C=O) groups excluding carboxylic acids is 1. The summed E-state index contributed by atoms with van der Waals surface area (Å²) in [6, 6.07) is 8.04. The van der Waals surface area contributed by atoms with Crippen molar-refractivity contribution < 1.29 is 4.79 Å². The quantitative estimate of drug-likeness (QED) is 0.794. The second-order valence-electron chi connectivity index (χ2n) is 5.55. The highest BCUT2D eigenvalue weighted by Gasteiger charge is 2.33. The van der Waals surface area contributed by atoms with Crippen molar-refractivity contribution >= 4 is 17.5 Å². The molecule has 1 aromatic rings. The average Bonchev–Trinajstić information content (AvgIpc) is 2.80. The Morgan fingerprint density at radius 2 is 2.16 bits per heavy atom. The van der Waals surface area contributed by atoms with Crippen LogP contribution in [0.4, 0.5) is 0 Å². The van der Waals surface area contributed by atoms with Crippen molar-refractivity contribution in [3.05, 3.63) is 35.4 Å². The molecule has 4 heteroatoms. The van der Waals surface area contributed by atoms with Crippen LogP contribution in [0.25, 0.3) is 0 Å². The number of rotatable bonds is 3. The maximum absolute atomic E-state index is 12.5. The first-order valence-corrected chi connectivity index (χ1v) is 7.17. The van der Waals surface area contributed by atoms with E-state index in [-0.39, 0.29) is 5.91 Å². The lowest BCUT2D eigenvalue weighted by atomic mass is 10.1. The Bertz CT molecular complexity index is 461. The van der Waals surface area contributed by atoms with Crippen molar-refractivity contribution in [2.24, 2.45) is 5.92 Å². The van der Waals surface area contributed by atoms with Crippen molar-refractivity contribution in [2.45, 2.75) is 18.8 Å². The molecule has 1 heterocycles. The molecule has 1 saturated heterocycles. The van der Waals surface area contributed by atoms with Gasteiger partial charge in [-0.25, -0.2) is 0 Å². The summed E-state index contributed by atoms with van der Waals surface area (Å²) >= 11 is 5.82. The molecule has 0 aromatic heterocycles. The monoisotopic (exact) mass is 280 g/mol. The predicted octanol–water partition coefficient (Wildman–Crippen LogP) is 2.45. The van der Waals surface area contributed by atoms with Gasteiger partial charge in [0.05, 0.1) is 0 Å². The fourth-order valence-corrected chi connectivity index (χ4v) is 2.92. The van der Waals surface area contributed by atoms with Gasteiger partial charge in [-0.15, -0.1) is 11.6 Å². The van der Waals surface area contributed by atoms with Gasteiger partial charge in [-0.1, -0.05) is 19.1 Å². The zero-order chi connectivity index (χ0) is 14.0. The molecule has 1 amide bonds. The molecular weight excluding hydrogens is 260 g/mol. The van der Waals surface area contributed by atoms with Crippen LogP contribution in [0.1, 0.15) is 22.8 Å². The highest BCUT2D eigenvalue weighted by molar-refractivity contribution is 6.17. The van der Waals surface area contributed by atoms with Crippen LogP contribution in [0.5, 0.6) is 0 Å². The predicted molar refractivity (Wildman–Crippen MR) is 78.5 cm³/mol. The number of hydrogen-bond donors (Lipinski definition) is 0. The molecule has 19 heavy (non-hydrogen) atoms. The molecular formula is C15H21ClN2O. The molecule has 0 bridgehead atoms. The molecule has 2 atom stereocenters. The number of benzene rings is 1. The minimum atomic E-state index is 0.114. The van der Waals surface area contributed by atoms with Gasteiger partial charge in [0, 0.05) is 30.6 Å². The van der Waals surface area contributed by atoms with Crippen LogP contribution in [0.15, 0.2) is 24.3 Å². The molecule has 2 unspecified atom stereocenters. The Kier molecular flexibility index (Phi) is 4.48. The zero-order valence-corrected chi connectivity index (χ0v) is 12.5. The zero-order valence-electron chi connectivity index (χ0n) is 11.8. The van der Waals surface area contributed by atoms with Gasteiger partial charge in [-0.05, 0) is 37.7 Å². The van der Waals surface area contributed by atoms with Gasteiger partial charge in [0.25, 0.3) is 5.91 Å². The number of amides is 1. The SMILES string of the molecule is CC1CN(C(=O)c2cccc(CCl)c2)CC1N(C)C. The van der Waals surface area contributed by atoms with Crippen molar-refractivity contribution in [3.63, 3.8) is 0 Å². The Labute approximate surface area is 120 Å². The van der Waals surface area contributed by atoms with Crippen LogP contribution in [-0.2, 0) is 5.88 Å². The molecule has 1 aliphatic rings. The highest BCUT2D eigenvalue weighted by atomic mass is 35.5. The number of halogens is 1. The fraction of sp³-hybridized carbons (Fsp3) is 0.533. The van der Waals surface area contributed by atoms with Crippen LogP contribution >= 0.6 is 11.6 Å². The fourth-order valence-electron chi connectivity index (χ4n) is 2.76. The number of likely N-dealkylation sites (N-methyl/N-ethyl adjacent to an activating group) is 1. The summed E-state index contributed by atoms with van der Waals surface area (Å²) in [6.07, 6.45) is 0. The van der Waals surface area contributed by atoms with Gasteiger partial charge in [0.15, 0.2) is 0 Å². The minimum absolute atomic E-state index is 0.114. The highest BCUT2D eigenvalue weighted by Crippen LogP contribution is 2.22. The van der Waals surface area contributed by atoms with Gasteiger partial charge in [0.2, 0.25) is 0 Å². The van der Waals surface area contributed by atoms with E-state index >= 15 is 0 Å². The Morgan fingerprint density at radius 1 is 1.42 bits per heavy atom. The van der Waals surface area contributed by atoms with E-state index in [1.54, 1.807) is 0 Å². The van der Waals surface area contributed by atoms with Crippen LogP contribution in [-0.4, -0.2) is 48.9 Å². The van der Waals surface area contributed by atoms with E-state index in [2.05, 4.69) is 25.9 Å². The molecule has 104 valence electrons. The van der Waals surface area contributed by atoms with E-state index < -0.39 is 0 Å². The molecule has 0 N–H and O–H groups in total. The first kappa shape index (κ1) is 14.4. The van der Waals surface area contributed by atoms with E-state index in [4.69, 9.17) is 11.6 Å². The van der Waals surface area contributed by atoms with E-state index in [0.717, 1.165) is 24.2 Å². The van der Waals surface area contributed by atoms with Crippen LogP contribution in [0.3, 0.4) is 0 Å². The van der Waals surface area contributed by atoms with Gasteiger partial charge < -0.3 is 9.80 Å². The summed E-state index contributed by atoms with van der Waals surface area (Å²) in [4.78, 5) is 16.6. The second-order valence-corrected chi connectivity index (χ2v) is 5.82. The lowest BCUT2D eigenvalue weighted by molar-refractivity contribution is 0.0781. The van der Waals surface area contributed by atoms with E-state index in [1.165, 1.54) is 0 Å². The summed E-state index contributed by atoms with van der Waals surface area (Å²) in [6.45, 7) is 3.83. The van der Waals surface area contributed by atoms with Gasteiger partial charge >= 0.3 is 0 Å². The van der Waals surface area contributed by atoms with Crippen LogP contribution < -0.4 is 0 Å². The molecule has 3 nitrogen and oxygen atoms in total. The molecule has 1 aromatic carbocycles. The summed E-state index contributed by atoms with van der Waals surface area (Å²) in [7, 11) is 4.15. The molecule has 1 aliphatic heterocycles. The molecule has 1 fully saturated rings. The van der Waals surface area contributed by atoms with Crippen LogP contribution in [0, 0.1) is 5.92 Å². The number of likely N-dealkylation sites (tertiary alicyclic amines) is 1. The summed E-state index contributed by atoms with van der Waals surface area (Å²) < 4.78 is 0. The standard InChI is InChI=1S/C15H21ClN2O/c1-11-9-18(10-14(11)17(2)3)15(19)13-6-4-5-12(7-13)8-16/h4-7,11,14H,8-10H2,1-3H3. The number of hydrogen-bond acceptors (Lipinski definition) is 2. The molecule has 2 rings (SSSR count). The number of carbonyl (C=O) groups is 1. The summed E-state index contributed by atoms with van der Waals surface area (Å²) in [5.41, 5.74) is 1.73. The van der Waals surface area contributed by atoms with Crippen LogP contribution in [0.2, 0.25) is 0 Å². The largest absolute Gasteiger partial charge is 0.337 e. The first-order valence-electron chi connectivity index (χ1n) is 6.63. The lowest BCUT2D eigenvalue weighted by Crippen LogP contribution is -2.35. The van der Waals surface area contributed by atoms with Gasteiger partial charge in [-0.2, -0.15) is 0 Å². The third-order valence-corrected chi connectivity index (χ3v) is 4.16. The maximum atomic E-state index is 12.5.